The second-order valence-corrected chi connectivity index (χ2v) is 5.53. The summed E-state index contributed by atoms with van der Waals surface area (Å²) in [5.74, 6) is -0.272. The summed E-state index contributed by atoms with van der Waals surface area (Å²) in [6.07, 6.45) is 1.86. The summed E-state index contributed by atoms with van der Waals surface area (Å²) in [5.41, 5.74) is 8.35. The van der Waals surface area contributed by atoms with Crippen molar-refractivity contribution >= 4 is 5.97 Å². The van der Waals surface area contributed by atoms with Crippen LogP contribution in [0, 0.1) is 0 Å². The van der Waals surface area contributed by atoms with Crippen LogP contribution >= 0.6 is 0 Å². The Labute approximate surface area is 102 Å². The fraction of sp³-hybridized carbons (Fsp3) is 0.500. The van der Waals surface area contributed by atoms with E-state index in [4.69, 9.17) is 10.5 Å². The van der Waals surface area contributed by atoms with Crippen molar-refractivity contribution in [3.05, 3.63) is 34.9 Å². The molecule has 0 aromatic heterocycles. The molecule has 0 radical (unpaired) electrons. The van der Waals surface area contributed by atoms with E-state index in [0.29, 0.717) is 5.56 Å². The largest absolute Gasteiger partial charge is 0.456 e. The van der Waals surface area contributed by atoms with E-state index in [0.717, 1.165) is 18.4 Å². The van der Waals surface area contributed by atoms with E-state index in [-0.39, 0.29) is 12.0 Å². The van der Waals surface area contributed by atoms with Crippen molar-refractivity contribution in [1.82, 2.24) is 0 Å². The second-order valence-electron chi connectivity index (χ2n) is 5.53. The van der Waals surface area contributed by atoms with Crippen LogP contribution in [-0.4, -0.2) is 11.6 Å². The van der Waals surface area contributed by atoms with Gasteiger partial charge in [0.2, 0.25) is 0 Å². The standard InChI is InChI=1S/C14H19NO2/c1-14(2,3)17-13(16)10-6-4-5-9-7-8-11(15)12(9)10/h4-6,11H,7-8,15H2,1-3H3. The molecule has 0 heterocycles. The number of carbonyl (C=O) groups is 1. The first-order chi connectivity index (χ1) is 7.88. The summed E-state index contributed by atoms with van der Waals surface area (Å²) < 4.78 is 5.40. The van der Waals surface area contributed by atoms with Crippen molar-refractivity contribution in [1.29, 1.82) is 0 Å². The van der Waals surface area contributed by atoms with E-state index in [9.17, 15) is 4.79 Å². The highest BCUT2D eigenvalue weighted by Gasteiger charge is 2.27. The predicted octanol–water partition coefficient (Wildman–Crippen LogP) is 2.59. The Kier molecular flexibility index (Phi) is 2.96. The lowest BCUT2D eigenvalue weighted by molar-refractivity contribution is 0.00679. The van der Waals surface area contributed by atoms with Crippen LogP contribution in [-0.2, 0) is 11.2 Å². The fourth-order valence-corrected chi connectivity index (χ4v) is 2.24. The van der Waals surface area contributed by atoms with Crippen molar-refractivity contribution in [2.24, 2.45) is 5.73 Å². The Hall–Kier alpha value is -1.35. The number of hydrogen-bond acceptors (Lipinski definition) is 3. The van der Waals surface area contributed by atoms with Gasteiger partial charge < -0.3 is 10.5 Å². The van der Waals surface area contributed by atoms with Gasteiger partial charge in [-0.3, -0.25) is 0 Å². The molecule has 0 aliphatic heterocycles. The van der Waals surface area contributed by atoms with Gasteiger partial charge in [-0.25, -0.2) is 4.79 Å². The molecule has 1 aliphatic carbocycles. The van der Waals surface area contributed by atoms with Gasteiger partial charge in [-0.1, -0.05) is 12.1 Å². The highest BCUT2D eigenvalue weighted by atomic mass is 16.6. The van der Waals surface area contributed by atoms with Crippen LogP contribution in [0.3, 0.4) is 0 Å². The minimum atomic E-state index is -0.470. The Morgan fingerprint density at radius 3 is 2.76 bits per heavy atom. The van der Waals surface area contributed by atoms with Crippen LogP contribution in [0.15, 0.2) is 18.2 Å². The minimum absolute atomic E-state index is 0.0336. The second kappa shape index (κ2) is 4.15. The highest BCUT2D eigenvalue weighted by molar-refractivity contribution is 5.92. The lowest BCUT2D eigenvalue weighted by Crippen LogP contribution is -2.25. The minimum Gasteiger partial charge on any atom is -0.456 e. The summed E-state index contributed by atoms with van der Waals surface area (Å²) in [6.45, 7) is 5.61. The normalized spacial score (nSPS) is 18.9. The van der Waals surface area contributed by atoms with Crippen LogP contribution in [0.5, 0.6) is 0 Å². The molecule has 0 bridgehead atoms. The summed E-state index contributed by atoms with van der Waals surface area (Å²) in [7, 11) is 0. The van der Waals surface area contributed by atoms with Gasteiger partial charge in [0.25, 0.3) is 0 Å². The molecule has 1 aromatic carbocycles. The van der Waals surface area contributed by atoms with E-state index >= 15 is 0 Å². The van der Waals surface area contributed by atoms with Crippen LogP contribution in [0.2, 0.25) is 0 Å². The van der Waals surface area contributed by atoms with Crippen LogP contribution < -0.4 is 5.73 Å². The summed E-state index contributed by atoms with van der Waals surface area (Å²) in [4.78, 5) is 12.1. The Balaban J connectivity index is 2.34. The van der Waals surface area contributed by atoms with Crippen molar-refractivity contribution in [3.63, 3.8) is 0 Å². The van der Waals surface area contributed by atoms with Crippen molar-refractivity contribution < 1.29 is 9.53 Å². The summed E-state index contributed by atoms with van der Waals surface area (Å²) >= 11 is 0. The molecule has 1 unspecified atom stereocenters. The lowest BCUT2D eigenvalue weighted by Gasteiger charge is -2.21. The van der Waals surface area contributed by atoms with E-state index < -0.39 is 5.60 Å². The molecule has 1 aliphatic rings. The van der Waals surface area contributed by atoms with Gasteiger partial charge in [0, 0.05) is 6.04 Å². The van der Waals surface area contributed by atoms with Crippen molar-refractivity contribution in [2.75, 3.05) is 0 Å². The number of carbonyl (C=O) groups excluding carboxylic acids is 1. The summed E-state index contributed by atoms with van der Waals surface area (Å²) in [6, 6.07) is 5.71. The Morgan fingerprint density at radius 2 is 2.12 bits per heavy atom. The Bertz CT molecular complexity index is 446. The number of aryl methyl sites for hydroxylation is 1. The molecule has 0 saturated heterocycles. The van der Waals surface area contributed by atoms with E-state index in [1.165, 1.54) is 5.56 Å². The molecular formula is C14H19NO2. The predicted molar refractivity (Wildman–Crippen MR) is 66.9 cm³/mol. The first-order valence-electron chi connectivity index (χ1n) is 5.99. The number of benzene rings is 1. The van der Waals surface area contributed by atoms with Crippen LogP contribution in [0.4, 0.5) is 0 Å². The monoisotopic (exact) mass is 233 g/mol. The number of nitrogens with two attached hydrogens (primary N) is 1. The molecule has 0 saturated carbocycles. The molecule has 0 spiro atoms. The number of hydrogen-bond donors (Lipinski definition) is 1. The van der Waals surface area contributed by atoms with E-state index in [1.54, 1.807) is 6.07 Å². The molecule has 0 fully saturated rings. The van der Waals surface area contributed by atoms with Crippen molar-refractivity contribution in [3.8, 4) is 0 Å². The quantitative estimate of drug-likeness (QED) is 0.758. The van der Waals surface area contributed by atoms with Crippen molar-refractivity contribution in [2.45, 2.75) is 45.3 Å². The fourth-order valence-electron chi connectivity index (χ4n) is 2.24. The molecule has 17 heavy (non-hydrogen) atoms. The zero-order valence-electron chi connectivity index (χ0n) is 10.6. The van der Waals surface area contributed by atoms with Crippen LogP contribution in [0.25, 0.3) is 0 Å². The van der Waals surface area contributed by atoms with Gasteiger partial charge in [0.05, 0.1) is 5.56 Å². The molecule has 92 valence electrons. The molecule has 1 atom stereocenters. The third-order valence-electron chi connectivity index (χ3n) is 2.91. The molecule has 2 rings (SSSR count). The third-order valence-corrected chi connectivity index (χ3v) is 2.91. The maximum atomic E-state index is 12.1. The van der Waals surface area contributed by atoms with Gasteiger partial charge in [0.1, 0.15) is 5.60 Å². The SMILES string of the molecule is CC(C)(C)OC(=O)c1cccc2c1C(N)CC2. The lowest BCUT2D eigenvalue weighted by atomic mass is 10.0. The number of rotatable bonds is 1. The van der Waals surface area contributed by atoms with Gasteiger partial charge in [-0.05, 0) is 50.8 Å². The van der Waals surface area contributed by atoms with Gasteiger partial charge in [-0.2, -0.15) is 0 Å². The molecule has 3 heteroatoms. The first-order valence-corrected chi connectivity index (χ1v) is 5.99. The number of ether oxygens (including phenoxy) is 1. The van der Waals surface area contributed by atoms with Gasteiger partial charge >= 0.3 is 5.97 Å². The van der Waals surface area contributed by atoms with E-state index in [1.807, 2.05) is 32.9 Å². The molecule has 0 amide bonds. The van der Waals surface area contributed by atoms with Gasteiger partial charge in [-0.15, -0.1) is 0 Å². The average molecular weight is 233 g/mol. The van der Waals surface area contributed by atoms with Crippen LogP contribution in [0.1, 0.15) is 54.7 Å². The molecular weight excluding hydrogens is 214 g/mol. The first kappa shape index (κ1) is 12.1. The highest BCUT2D eigenvalue weighted by Crippen LogP contribution is 2.32. The molecule has 2 N–H and O–H groups in total. The smallest absolute Gasteiger partial charge is 0.338 e. The van der Waals surface area contributed by atoms with E-state index in [2.05, 4.69) is 0 Å². The molecule has 3 nitrogen and oxygen atoms in total. The number of fused-ring (bicyclic) bond motifs is 1. The maximum Gasteiger partial charge on any atom is 0.338 e. The maximum absolute atomic E-state index is 12.1. The summed E-state index contributed by atoms with van der Waals surface area (Å²) in [5, 5.41) is 0. The zero-order chi connectivity index (χ0) is 12.6. The topological polar surface area (TPSA) is 52.3 Å². The van der Waals surface area contributed by atoms with Gasteiger partial charge in [0.15, 0.2) is 0 Å². The number of esters is 1. The Morgan fingerprint density at radius 1 is 1.41 bits per heavy atom. The third kappa shape index (κ3) is 2.50. The molecule has 1 aromatic rings. The average Bonchev–Trinajstić information content (AvgIpc) is 2.58. The zero-order valence-corrected chi connectivity index (χ0v) is 10.6.